The number of amides is 2. The van der Waals surface area contributed by atoms with Gasteiger partial charge in [-0.25, -0.2) is 4.98 Å². The fourth-order valence-corrected chi connectivity index (χ4v) is 4.68. The number of rotatable bonds is 4. The molecule has 4 rings (SSSR count). The van der Waals surface area contributed by atoms with E-state index in [0.717, 1.165) is 12.3 Å². The SMILES string of the molecule is O=C(NC1CCN(C(=O)c2ccncc2)CC1)C1CCN(c2ncc(C(F)(F)F)cc2Cl)CC1. The van der Waals surface area contributed by atoms with Gasteiger partial charge in [-0.1, -0.05) is 11.6 Å². The molecule has 2 aromatic heterocycles. The number of hydrogen-bond donors (Lipinski definition) is 1. The summed E-state index contributed by atoms with van der Waals surface area (Å²) in [6, 6.07) is 4.28. The molecule has 2 fully saturated rings. The van der Waals surface area contributed by atoms with Gasteiger partial charge in [0.15, 0.2) is 0 Å². The van der Waals surface area contributed by atoms with Crippen molar-refractivity contribution in [3.63, 3.8) is 0 Å². The van der Waals surface area contributed by atoms with Crippen molar-refractivity contribution in [2.24, 2.45) is 5.92 Å². The molecule has 0 atom stereocenters. The van der Waals surface area contributed by atoms with Gasteiger partial charge < -0.3 is 15.1 Å². The molecule has 7 nitrogen and oxygen atoms in total. The van der Waals surface area contributed by atoms with E-state index in [4.69, 9.17) is 11.6 Å². The molecule has 0 radical (unpaired) electrons. The molecular formula is C23H25ClF3N5O2. The largest absolute Gasteiger partial charge is 0.417 e. The summed E-state index contributed by atoms with van der Waals surface area (Å²) in [5.41, 5.74) is -0.282. The van der Waals surface area contributed by atoms with Gasteiger partial charge in [0.05, 0.1) is 10.6 Å². The Bertz CT molecular complexity index is 1020. The first kappa shape index (κ1) is 24.3. The van der Waals surface area contributed by atoms with Gasteiger partial charge >= 0.3 is 6.18 Å². The molecule has 1 N–H and O–H groups in total. The van der Waals surface area contributed by atoms with Crippen molar-refractivity contribution in [1.82, 2.24) is 20.2 Å². The van der Waals surface area contributed by atoms with Crippen molar-refractivity contribution in [2.75, 3.05) is 31.1 Å². The predicted molar refractivity (Wildman–Crippen MR) is 120 cm³/mol. The first-order chi connectivity index (χ1) is 16.2. The van der Waals surface area contributed by atoms with Crippen LogP contribution in [0.1, 0.15) is 41.6 Å². The van der Waals surface area contributed by atoms with E-state index in [9.17, 15) is 22.8 Å². The van der Waals surface area contributed by atoms with E-state index in [1.165, 1.54) is 0 Å². The summed E-state index contributed by atoms with van der Waals surface area (Å²) in [5.74, 6) is 0.0702. The smallest absolute Gasteiger partial charge is 0.355 e. The number of halogens is 4. The van der Waals surface area contributed by atoms with Crippen LogP contribution in [0.2, 0.25) is 5.02 Å². The fourth-order valence-electron chi connectivity index (χ4n) is 4.39. The molecule has 2 amide bonds. The molecule has 0 bridgehead atoms. The minimum absolute atomic E-state index is 0.0121. The van der Waals surface area contributed by atoms with Crippen LogP contribution in [0.3, 0.4) is 0 Å². The maximum Gasteiger partial charge on any atom is 0.417 e. The standard InChI is InChI=1S/C23H25ClF3N5O2/c24-19-13-17(23(25,26)27)14-29-20(19)31-9-3-15(4-10-31)21(33)30-18-5-11-32(12-6-18)22(34)16-1-7-28-8-2-16/h1-2,7-8,13-15,18H,3-6,9-12H2,(H,30,33). The number of nitrogens with zero attached hydrogens (tertiary/aromatic N) is 4. The van der Waals surface area contributed by atoms with Crippen molar-refractivity contribution in [1.29, 1.82) is 0 Å². The molecule has 0 unspecified atom stereocenters. The molecule has 182 valence electrons. The van der Waals surface area contributed by atoms with Crippen molar-refractivity contribution in [3.8, 4) is 0 Å². The van der Waals surface area contributed by atoms with Gasteiger partial charge in [-0.05, 0) is 43.9 Å². The Morgan fingerprint density at radius 1 is 1.03 bits per heavy atom. The van der Waals surface area contributed by atoms with E-state index in [2.05, 4.69) is 15.3 Å². The number of likely N-dealkylation sites (tertiary alicyclic amines) is 1. The van der Waals surface area contributed by atoms with Crippen LogP contribution in [0.4, 0.5) is 19.0 Å². The number of alkyl halides is 3. The van der Waals surface area contributed by atoms with Gasteiger partial charge in [0, 0.05) is 62.3 Å². The van der Waals surface area contributed by atoms with Crippen molar-refractivity contribution < 1.29 is 22.8 Å². The van der Waals surface area contributed by atoms with Crippen LogP contribution < -0.4 is 10.2 Å². The van der Waals surface area contributed by atoms with E-state index in [0.29, 0.717) is 63.2 Å². The highest BCUT2D eigenvalue weighted by Crippen LogP contribution is 2.34. The maximum absolute atomic E-state index is 12.8. The van der Waals surface area contributed by atoms with E-state index in [1.807, 2.05) is 4.90 Å². The summed E-state index contributed by atoms with van der Waals surface area (Å²) in [6.07, 6.45) is 1.96. The Hall–Kier alpha value is -2.88. The lowest BCUT2D eigenvalue weighted by molar-refractivity contribution is -0.137. The zero-order valence-corrected chi connectivity index (χ0v) is 19.1. The summed E-state index contributed by atoms with van der Waals surface area (Å²) < 4.78 is 38.5. The lowest BCUT2D eigenvalue weighted by Crippen LogP contribution is -2.49. The lowest BCUT2D eigenvalue weighted by Gasteiger charge is -2.35. The maximum atomic E-state index is 12.8. The summed E-state index contributed by atoms with van der Waals surface area (Å²) in [6.45, 7) is 2.11. The Labute approximate surface area is 200 Å². The first-order valence-corrected chi connectivity index (χ1v) is 11.6. The van der Waals surface area contributed by atoms with Gasteiger partial charge in [-0.15, -0.1) is 0 Å². The second-order valence-electron chi connectivity index (χ2n) is 8.60. The Morgan fingerprint density at radius 2 is 1.68 bits per heavy atom. The van der Waals surface area contributed by atoms with E-state index < -0.39 is 11.7 Å². The van der Waals surface area contributed by atoms with Gasteiger partial charge in [-0.2, -0.15) is 13.2 Å². The fraction of sp³-hybridized carbons (Fsp3) is 0.478. The summed E-state index contributed by atoms with van der Waals surface area (Å²) in [5, 5.41) is 3.06. The first-order valence-electron chi connectivity index (χ1n) is 11.2. The average molecular weight is 496 g/mol. The molecule has 11 heteroatoms. The number of carbonyl (C=O) groups is 2. The minimum Gasteiger partial charge on any atom is -0.355 e. The van der Waals surface area contributed by atoms with Gasteiger partial charge in [0.2, 0.25) is 5.91 Å². The Kier molecular flexibility index (Phi) is 7.25. The van der Waals surface area contributed by atoms with Crippen LogP contribution in [-0.2, 0) is 11.0 Å². The van der Waals surface area contributed by atoms with Crippen LogP contribution >= 0.6 is 11.6 Å². The van der Waals surface area contributed by atoms with Gasteiger partial charge in [0.1, 0.15) is 5.82 Å². The number of aromatic nitrogens is 2. The second kappa shape index (κ2) is 10.2. The highest BCUT2D eigenvalue weighted by atomic mass is 35.5. The normalized spacial score (nSPS) is 18.1. The molecule has 0 aliphatic carbocycles. The number of hydrogen-bond acceptors (Lipinski definition) is 5. The van der Waals surface area contributed by atoms with Crippen molar-refractivity contribution in [3.05, 3.63) is 52.9 Å². The van der Waals surface area contributed by atoms with Crippen LogP contribution in [0.25, 0.3) is 0 Å². The number of nitrogens with one attached hydrogen (secondary N) is 1. The monoisotopic (exact) mass is 495 g/mol. The number of anilines is 1. The molecule has 0 spiro atoms. The number of pyridine rings is 2. The molecule has 0 saturated carbocycles. The quantitative estimate of drug-likeness (QED) is 0.698. The molecule has 2 saturated heterocycles. The Morgan fingerprint density at radius 3 is 2.26 bits per heavy atom. The molecule has 2 aliphatic rings. The molecule has 2 aromatic rings. The number of piperidine rings is 2. The molecule has 2 aliphatic heterocycles. The van der Waals surface area contributed by atoms with E-state index >= 15 is 0 Å². The zero-order valence-electron chi connectivity index (χ0n) is 18.4. The van der Waals surface area contributed by atoms with Crippen molar-refractivity contribution >= 4 is 29.2 Å². The van der Waals surface area contributed by atoms with E-state index in [-0.39, 0.29) is 28.8 Å². The third-order valence-corrected chi connectivity index (χ3v) is 6.65. The average Bonchev–Trinajstić information content (AvgIpc) is 2.84. The third-order valence-electron chi connectivity index (χ3n) is 6.37. The highest BCUT2D eigenvalue weighted by Gasteiger charge is 2.33. The Balaban J connectivity index is 1.24. The molecule has 0 aromatic carbocycles. The van der Waals surface area contributed by atoms with Crippen LogP contribution in [0.5, 0.6) is 0 Å². The van der Waals surface area contributed by atoms with Gasteiger partial charge in [-0.3, -0.25) is 14.6 Å². The number of carbonyl (C=O) groups excluding carboxylic acids is 2. The zero-order chi connectivity index (χ0) is 24.3. The highest BCUT2D eigenvalue weighted by molar-refractivity contribution is 6.33. The third kappa shape index (κ3) is 5.60. The molecule has 4 heterocycles. The van der Waals surface area contributed by atoms with Gasteiger partial charge in [0.25, 0.3) is 5.91 Å². The van der Waals surface area contributed by atoms with Crippen LogP contribution in [-0.4, -0.2) is 58.9 Å². The summed E-state index contributed by atoms with van der Waals surface area (Å²) in [4.78, 5) is 36.8. The topological polar surface area (TPSA) is 78.4 Å². The van der Waals surface area contributed by atoms with E-state index in [1.54, 1.807) is 29.4 Å². The summed E-state index contributed by atoms with van der Waals surface area (Å²) in [7, 11) is 0. The summed E-state index contributed by atoms with van der Waals surface area (Å²) >= 11 is 6.06. The lowest BCUT2D eigenvalue weighted by atomic mass is 9.94. The molecular weight excluding hydrogens is 471 g/mol. The minimum atomic E-state index is -4.50. The van der Waals surface area contributed by atoms with Crippen LogP contribution in [0.15, 0.2) is 36.8 Å². The molecule has 34 heavy (non-hydrogen) atoms. The predicted octanol–water partition coefficient (Wildman–Crippen LogP) is 3.79. The van der Waals surface area contributed by atoms with Crippen LogP contribution in [0, 0.1) is 5.92 Å². The second-order valence-corrected chi connectivity index (χ2v) is 9.01. The van der Waals surface area contributed by atoms with Crippen molar-refractivity contribution in [2.45, 2.75) is 37.9 Å².